The fourth-order valence-electron chi connectivity index (χ4n) is 3.98. The number of ether oxygens (including phenoxy) is 1. The minimum absolute atomic E-state index is 0.0194. The Morgan fingerprint density at radius 1 is 1.03 bits per heavy atom. The molecule has 32 heavy (non-hydrogen) atoms. The second-order valence-corrected chi connectivity index (χ2v) is 8.21. The quantitative estimate of drug-likeness (QED) is 0.521. The lowest BCUT2D eigenvalue weighted by atomic mass is 9.98. The molecule has 2 aromatic carbocycles. The lowest BCUT2D eigenvalue weighted by Gasteiger charge is -2.18. The second-order valence-electron chi connectivity index (χ2n) is 8.21. The molecular weight excluding hydrogens is 408 g/mol. The van der Waals surface area contributed by atoms with E-state index in [-0.39, 0.29) is 31.4 Å². The van der Waals surface area contributed by atoms with Crippen molar-refractivity contribution >= 4 is 18.0 Å². The zero-order valence-corrected chi connectivity index (χ0v) is 18.5. The number of aliphatic carboxylic acids is 1. The van der Waals surface area contributed by atoms with E-state index in [0.29, 0.717) is 6.42 Å². The molecule has 0 heterocycles. The van der Waals surface area contributed by atoms with Gasteiger partial charge in [0.1, 0.15) is 12.6 Å². The van der Waals surface area contributed by atoms with Crippen LogP contribution >= 0.6 is 0 Å². The molecule has 3 N–H and O–H groups in total. The molecular formula is C25H30N2O5. The number of alkyl carbamates (subject to hydrolysis) is 1. The van der Waals surface area contributed by atoms with E-state index >= 15 is 0 Å². The van der Waals surface area contributed by atoms with Crippen LogP contribution in [0.1, 0.15) is 50.2 Å². The minimum atomic E-state index is -1.05. The van der Waals surface area contributed by atoms with Crippen molar-refractivity contribution in [2.45, 2.75) is 45.1 Å². The number of carboxylic acids is 1. The zero-order valence-electron chi connectivity index (χ0n) is 18.5. The number of benzene rings is 2. The van der Waals surface area contributed by atoms with Crippen LogP contribution in [-0.2, 0) is 14.3 Å². The first-order valence-electron chi connectivity index (χ1n) is 11.0. The normalized spacial score (nSPS) is 14.1. The third kappa shape index (κ3) is 5.66. The van der Waals surface area contributed by atoms with Gasteiger partial charge >= 0.3 is 12.1 Å². The Balaban J connectivity index is 1.46. The molecule has 1 aliphatic rings. The molecule has 0 saturated carbocycles. The molecule has 0 radical (unpaired) electrons. The van der Waals surface area contributed by atoms with Crippen LogP contribution < -0.4 is 10.6 Å². The molecule has 0 fully saturated rings. The SMILES string of the molecule is CCC(C)CC(NC(=O)CCNC(=O)OCC1c2ccccc2-c2ccccc21)C(=O)O. The number of carbonyl (C=O) groups excluding carboxylic acids is 2. The maximum Gasteiger partial charge on any atom is 0.407 e. The first-order valence-corrected chi connectivity index (χ1v) is 11.0. The molecule has 3 rings (SSSR count). The van der Waals surface area contributed by atoms with Gasteiger partial charge in [-0.1, -0.05) is 68.8 Å². The van der Waals surface area contributed by atoms with Gasteiger partial charge in [-0.25, -0.2) is 9.59 Å². The molecule has 0 spiro atoms. The van der Waals surface area contributed by atoms with Gasteiger partial charge in [0.2, 0.25) is 5.91 Å². The molecule has 7 heteroatoms. The van der Waals surface area contributed by atoms with E-state index in [0.717, 1.165) is 28.7 Å². The molecule has 0 saturated heterocycles. The summed E-state index contributed by atoms with van der Waals surface area (Å²) in [6.07, 6.45) is 0.587. The van der Waals surface area contributed by atoms with Crippen molar-refractivity contribution in [1.82, 2.24) is 10.6 Å². The first kappa shape index (κ1) is 23.3. The van der Waals surface area contributed by atoms with E-state index in [9.17, 15) is 19.5 Å². The largest absolute Gasteiger partial charge is 0.480 e. The third-order valence-corrected chi connectivity index (χ3v) is 5.93. The molecule has 2 unspecified atom stereocenters. The number of carboxylic acid groups (broad SMARTS) is 1. The smallest absolute Gasteiger partial charge is 0.407 e. The van der Waals surface area contributed by atoms with Gasteiger partial charge in [-0.3, -0.25) is 4.79 Å². The van der Waals surface area contributed by atoms with E-state index in [1.807, 2.05) is 50.2 Å². The number of nitrogens with one attached hydrogen (secondary N) is 2. The fraction of sp³-hybridized carbons (Fsp3) is 0.400. The Labute approximate surface area is 188 Å². The van der Waals surface area contributed by atoms with E-state index in [4.69, 9.17) is 4.74 Å². The summed E-state index contributed by atoms with van der Waals surface area (Å²) in [5.74, 6) is -1.31. The van der Waals surface area contributed by atoms with Gasteiger partial charge in [-0.05, 0) is 34.6 Å². The molecule has 7 nitrogen and oxygen atoms in total. The zero-order chi connectivity index (χ0) is 23.1. The van der Waals surface area contributed by atoms with Crippen molar-refractivity contribution in [3.05, 3.63) is 59.7 Å². The minimum Gasteiger partial charge on any atom is -0.480 e. The predicted octanol–water partition coefficient (Wildman–Crippen LogP) is 3.92. The van der Waals surface area contributed by atoms with Gasteiger partial charge < -0.3 is 20.5 Å². The number of fused-ring (bicyclic) bond motifs is 3. The molecule has 2 atom stereocenters. The molecule has 0 aliphatic heterocycles. The average Bonchev–Trinajstić information content (AvgIpc) is 3.10. The van der Waals surface area contributed by atoms with Gasteiger partial charge in [0.15, 0.2) is 0 Å². The topological polar surface area (TPSA) is 105 Å². The Bertz CT molecular complexity index is 929. The van der Waals surface area contributed by atoms with Crippen LogP contribution in [0.2, 0.25) is 0 Å². The number of hydrogen-bond donors (Lipinski definition) is 3. The average molecular weight is 439 g/mol. The van der Waals surface area contributed by atoms with Gasteiger partial charge in [0.25, 0.3) is 0 Å². The van der Waals surface area contributed by atoms with Crippen molar-refractivity contribution in [1.29, 1.82) is 0 Å². The molecule has 1 aliphatic carbocycles. The predicted molar refractivity (Wildman–Crippen MR) is 121 cm³/mol. The van der Waals surface area contributed by atoms with Gasteiger partial charge in [0, 0.05) is 18.9 Å². The molecule has 0 aromatic heterocycles. The van der Waals surface area contributed by atoms with Crippen LogP contribution in [0.15, 0.2) is 48.5 Å². The summed E-state index contributed by atoms with van der Waals surface area (Å²) in [5.41, 5.74) is 4.56. The summed E-state index contributed by atoms with van der Waals surface area (Å²) >= 11 is 0. The fourth-order valence-corrected chi connectivity index (χ4v) is 3.98. The van der Waals surface area contributed by atoms with Crippen molar-refractivity contribution < 1.29 is 24.2 Å². The van der Waals surface area contributed by atoms with Crippen molar-refractivity contribution in [3.63, 3.8) is 0 Å². The molecule has 170 valence electrons. The maximum absolute atomic E-state index is 12.2. The van der Waals surface area contributed by atoms with E-state index in [1.165, 1.54) is 0 Å². The molecule has 0 bridgehead atoms. The Kier molecular flexibility index (Phi) is 7.87. The van der Waals surface area contributed by atoms with Gasteiger partial charge in [-0.2, -0.15) is 0 Å². The monoisotopic (exact) mass is 438 g/mol. The third-order valence-electron chi connectivity index (χ3n) is 5.93. The summed E-state index contributed by atoms with van der Waals surface area (Å²) in [4.78, 5) is 35.6. The number of rotatable bonds is 10. The van der Waals surface area contributed by atoms with Gasteiger partial charge in [-0.15, -0.1) is 0 Å². The molecule has 2 amide bonds. The number of amides is 2. The van der Waals surface area contributed by atoms with Crippen molar-refractivity contribution in [2.75, 3.05) is 13.2 Å². The summed E-state index contributed by atoms with van der Waals surface area (Å²) in [5, 5.41) is 14.4. The summed E-state index contributed by atoms with van der Waals surface area (Å²) in [6.45, 7) is 4.19. The second kappa shape index (κ2) is 10.8. The van der Waals surface area contributed by atoms with Crippen LogP contribution in [-0.4, -0.2) is 42.3 Å². The first-order chi connectivity index (χ1) is 15.4. The van der Waals surface area contributed by atoms with Crippen LogP contribution in [0.3, 0.4) is 0 Å². The van der Waals surface area contributed by atoms with Gasteiger partial charge in [0.05, 0.1) is 0 Å². The summed E-state index contributed by atoms with van der Waals surface area (Å²) < 4.78 is 5.43. The van der Waals surface area contributed by atoms with Crippen LogP contribution in [0.4, 0.5) is 4.79 Å². The number of hydrogen-bond acceptors (Lipinski definition) is 4. The van der Waals surface area contributed by atoms with E-state index in [2.05, 4.69) is 22.8 Å². The highest BCUT2D eigenvalue weighted by Crippen LogP contribution is 2.44. The molecule has 2 aromatic rings. The highest BCUT2D eigenvalue weighted by molar-refractivity contribution is 5.84. The Morgan fingerprint density at radius 3 is 2.19 bits per heavy atom. The van der Waals surface area contributed by atoms with Crippen LogP contribution in [0.5, 0.6) is 0 Å². The van der Waals surface area contributed by atoms with Crippen molar-refractivity contribution in [3.8, 4) is 11.1 Å². The van der Waals surface area contributed by atoms with Crippen LogP contribution in [0, 0.1) is 5.92 Å². The highest BCUT2D eigenvalue weighted by atomic mass is 16.5. The lowest BCUT2D eigenvalue weighted by Crippen LogP contribution is -2.43. The van der Waals surface area contributed by atoms with Crippen LogP contribution in [0.25, 0.3) is 11.1 Å². The summed E-state index contributed by atoms with van der Waals surface area (Å²) in [7, 11) is 0. The standard InChI is InChI=1S/C25H30N2O5/c1-3-16(2)14-22(24(29)30)27-23(28)12-13-26-25(31)32-15-21-19-10-6-4-8-17(19)18-9-5-7-11-20(18)21/h4-11,16,21-22H,3,12-15H2,1-2H3,(H,26,31)(H,27,28)(H,29,30). The Hall–Kier alpha value is -3.35. The number of carbonyl (C=O) groups is 3. The lowest BCUT2D eigenvalue weighted by molar-refractivity contribution is -0.142. The Morgan fingerprint density at radius 2 is 1.62 bits per heavy atom. The maximum atomic E-state index is 12.2. The van der Waals surface area contributed by atoms with Crippen molar-refractivity contribution in [2.24, 2.45) is 5.92 Å². The highest BCUT2D eigenvalue weighted by Gasteiger charge is 2.29. The van der Waals surface area contributed by atoms with E-state index in [1.54, 1.807) is 0 Å². The summed E-state index contributed by atoms with van der Waals surface area (Å²) in [6, 6.07) is 15.2. The van der Waals surface area contributed by atoms with E-state index < -0.39 is 24.0 Å².